The summed E-state index contributed by atoms with van der Waals surface area (Å²) in [6.45, 7) is 2.51. The number of pyridine rings is 1. The third-order valence-corrected chi connectivity index (χ3v) is 7.51. The van der Waals surface area contributed by atoms with Gasteiger partial charge in [-0.3, -0.25) is 19.8 Å². The van der Waals surface area contributed by atoms with Gasteiger partial charge >= 0.3 is 0 Å². The third kappa shape index (κ3) is 5.59. The standard InChI is InChI=1S/C24H26N4O6S/c1-16-12-17(20-4-2-3-5-22(20)25-16)14-34-18-6-8-19(9-7-18)35(32,33)27-23-13-28(15-29)11-10-21(23)24(30)26-31/h2-9,12,15,21,23,27,31H,10-11,13-14H2,1H3,(H,26,30)/t21-,23-/m1/s1. The molecule has 2 atom stereocenters. The molecule has 184 valence electrons. The highest BCUT2D eigenvalue weighted by Crippen LogP contribution is 2.23. The lowest BCUT2D eigenvalue weighted by atomic mass is 9.92. The topological polar surface area (TPSA) is 138 Å². The van der Waals surface area contributed by atoms with Gasteiger partial charge in [-0.25, -0.2) is 18.6 Å². The molecule has 1 aliphatic rings. The molecule has 11 heteroatoms. The maximum absolute atomic E-state index is 13.0. The maximum Gasteiger partial charge on any atom is 0.248 e. The Morgan fingerprint density at radius 3 is 2.69 bits per heavy atom. The summed E-state index contributed by atoms with van der Waals surface area (Å²) in [5.74, 6) is -1.03. The van der Waals surface area contributed by atoms with Gasteiger partial charge in [-0.1, -0.05) is 18.2 Å². The number of aryl methyl sites for hydroxylation is 1. The predicted octanol–water partition coefficient (Wildman–Crippen LogP) is 1.75. The van der Waals surface area contributed by atoms with Gasteiger partial charge in [0.25, 0.3) is 0 Å². The summed E-state index contributed by atoms with van der Waals surface area (Å²) in [7, 11) is -4.00. The van der Waals surface area contributed by atoms with Gasteiger partial charge in [0.1, 0.15) is 12.4 Å². The fourth-order valence-electron chi connectivity index (χ4n) is 4.25. The van der Waals surface area contributed by atoms with E-state index in [0.29, 0.717) is 12.2 Å². The van der Waals surface area contributed by atoms with E-state index in [9.17, 15) is 18.0 Å². The molecule has 2 heterocycles. The summed E-state index contributed by atoms with van der Waals surface area (Å²) >= 11 is 0. The molecule has 0 spiro atoms. The molecule has 35 heavy (non-hydrogen) atoms. The Labute approximate surface area is 202 Å². The molecule has 3 aromatic rings. The molecule has 2 amide bonds. The number of likely N-dealkylation sites (tertiary alicyclic amines) is 1. The van der Waals surface area contributed by atoms with Crippen molar-refractivity contribution in [3.63, 3.8) is 0 Å². The van der Waals surface area contributed by atoms with Crippen molar-refractivity contribution in [3.8, 4) is 5.75 Å². The van der Waals surface area contributed by atoms with Gasteiger partial charge in [-0.2, -0.15) is 0 Å². The van der Waals surface area contributed by atoms with Crippen molar-refractivity contribution in [1.29, 1.82) is 0 Å². The number of aromatic nitrogens is 1. The van der Waals surface area contributed by atoms with Crippen molar-refractivity contribution in [3.05, 3.63) is 65.9 Å². The van der Waals surface area contributed by atoms with Gasteiger partial charge in [0.15, 0.2) is 0 Å². The molecule has 0 radical (unpaired) electrons. The van der Waals surface area contributed by atoms with Crippen molar-refractivity contribution < 1.29 is 28.0 Å². The van der Waals surface area contributed by atoms with E-state index in [1.165, 1.54) is 17.0 Å². The largest absolute Gasteiger partial charge is 0.489 e. The maximum atomic E-state index is 13.0. The molecule has 1 fully saturated rings. The van der Waals surface area contributed by atoms with E-state index >= 15 is 0 Å². The van der Waals surface area contributed by atoms with Crippen LogP contribution in [0.15, 0.2) is 59.5 Å². The summed E-state index contributed by atoms with van der Waals surface area (Å²) in [5.41, 5.74) is 4.29. The zero-order valence-corrected chi connectivity index (χ0v) is 19.9. The highest BCUT2D eigenvalue weighted by molar-refractivity contribution is 7.89. The Morgan fingerprint density at radius 1 is 1.23 bits per heavy atom. The van der Waals surface area contributed by atoms with Crippen LogP contribution in [0.5, 0.6) is 5.75 Å². The highest BCUT2D eigenvalue weighted by Gasteiger charge is 2.36. The SMILES string of the molecule is Cc1cc(COc2ccc(S(=O)(=O)N[C@@H]3CN(C=O)CC[C@H]3C(=O)NO)cc2)c2ccccc2n1. The number of carbonyl (C=O) groups is 2. The summed E-state index contributed by atoms with van der Waals surface area (Å²) in [6, 6.07) is 14.8. The zero-order chi connectivity index (χ0) is 25.0. The second-order valence-corrected chi connectivity index (χ2v) is 10.1. The predicted molar refractivity (Wildman–Crippen MR) is 127 cm³/mol. The van der Waals surface area contributed by atoms with E-state index in [1.54, 1.807) is 17.6 Å². The lowest BCUT2D eigenvalue weighted by Crippen LogP contribution is -2.55. The second-order valence-electron chi connectivity index (χ2n) is 8.40. The fraction of sp³-hybridized carbons (Fsp3) is 0.292. The van der Waals surface area contributed by atoms with Crippen LogP contribution in [0.3, 0.4) is 0 Å². The first-order valence-electron chi connectivity index (χ1n) is 11.0. The first-order chi connectivity index (χ1) is 16.8. The highest BCUT2D eigenvalue weighted by atomic mass is 32.2. The number of ether oxygens (including phenoxy) is 1. The van der Waals surface area contributed by atoms with Gasteiger partial charge in [0.05, 0.1) is 22.4 Å². The van der Waals surface area contributed by atoms with Crippen molar-refractivity contribution in [2.24, 2.45) is 5.92 Å². The fourth-order valence-corrected chi connectivity index (χ4v) is 5.51. The Kier molecular flexibility index (Phi) is 7.29. The summed E-state index contributed by atoms with van der Waals surface area (Å²) in [4.78, 5) is 29.1. The van der Waals surface area contributed by atoms with Crippen molar-refractivity contribution in [1.82, 2.24) is 20.1 Å². The van der Waals surface area contributed by atoms with Crippen LogP contribution in [0, 0.1) is 12.8 Å². The Balaban J connectivity index is 1.47. The number of carbonyl (C=O) groups excluding carboxylic acids is 2. The Hall–Kier alpha value is -3.54. The lowest BCUT2D eigenvalue weighted by Gasteiger charge is -2.35. The number of nitrogens with zero attached hydrogens (tertiary/aromatic N) is 2. The summed E-state index contributed by atoms with van der Waals surface area (Å²) < 4.78 is 34.3. The molecule has 1 saturated heterocycles. The molecule has 0 bridgehead atoms. The molecule has 0 aliphatic carbocycles. The molecule has 0 unspecified atom stereocenters. The van der Waals surface area contributed by atoms with Crippen LogP contribution in [0.4, 0.5) is 0 Å². The van der Waals surface area contributed by atoms with E-state index < -0.39 is 27.9 Å². The van der Waals surface area contributed by atoms with Crippen molar-refractivity contribution in [2.75, 3.05) is 13.1 Å². The number of hydrogen-bond acceptors (Lipinski definition) is 7. The number of hydrogen-bond donors (Lipinski definition) is 3. The number of hydroxylamine groups is 1. The number of rotatable bonds is 8. The lowest BCUT2D eigenvalue weighted by molar-refractivity contribution is -0.137. The number of sulfonamides is 1. The van der Waals surface area contributed by atoms with E-state index in [-0.39, 0.29) is 31.0 Å². The van der Waals surface area contributed by atoms with Crippen molar-refractivity contribution in [2.45, 2.75) is 30.9 Å². The number of para-hydroxylation sites is 1. The average molecular weight is 499 g/mol. The minimum atomic E-state index is -4.00. The molecule has 0 saturated carbocycles. The average Bonchev–Trinajstić information content (AvgIpc) is 2.86. The molecule has 10 nitrogen and oxygen atoms in total. The van der Waals surface area contributed by atoms with E-state index in [2.05, 4.69) is 9.71 Å². The summed E-state index contributed by atoms with van der Waals surface area (Å²) in [5, 5.41) is 9.99. The quantitative estimate of drug-likeness (QED) is 0.244. The Morgan fingerprint density at radius 2 is 1.97 bits per heavy atom. The number of benzene rings is 2. The smallest absolute Gasteiger partial charge is 0.248 e. The number of nitrogens with one attached hydrogen (secondary N) is 2. The van der Waals surface area contributed by atoms with E-state index in [1.807, 2.05) is 37.3 Å². The van der Waals surface area contributed by atoms with Gasteiger partial charge in [0.2, 0.25) is 22.3 Å². The third-order valence-electron chi connectivity index (χ3n) is 6.01. The Bertz CT molecular complexity index is 1330. The monoisotopic (exact) mass is 498 g/mol. The van der Waals surface area contributed by atoms with Crippen LogP contribution < -0.4 is 14.9 Å². The van der Waals surface area contributed by atoms with Crippen LogP contribution in [-0.2, 0) is 26.2 Å². The van der Waals surface area contributed by atoms with Gasteiger partial charge in [0, 0.05) is 29.7 Å². The number of amides is 2. The number of fused-ring (bicyclic) bond motifs is 1. The molecule has 3 N–H and O–H groups in total. The van der Waals surface area contributed by atoms with Crippen LogP contribution in [0.1, 0.15) is 17.7 Å². The minimum absolute atomic E-state index is 0.0126. The second kappa shape index (κ2) is 10.4. The van der Waals surface area contributed by atoms with Gasteiger partial charge in [-0.05, 0) is 49.7 Å². The van der Waals surface area contributed by atoms with Crippen LogP contribution in [-0.4, -0.2) is 55.0 Å². The summed E-state index contributed by atoms with van der Waals surface area (Å²) in [6.07, 6.45) is 0.822. The molecule has 1 aromatic heterocycles. The zero-order valence-electron chi connectivity index (χ0n) is 19.0. The van der Waals surface area contributed by atoms with E-state index in [4.69, 9.17) is 9.94 Å². The first-order valence-corrected chi connectivity index (χ1v) is 12.5. The first kappa shape index (κ1) is 24.6. The van der Waals surface area contributed by atoms with Crippen LogP contribution in [0.25, 0.3) is 10.9 Å². The molecule has 4 rings (SSSR count). The minimum Gasteiger partial charge on any atom is -0.489 e. The van der Waals surface area contributed by atoms with Crippen LogP contribution >= 0.6 is 0 Å². The normalized spacial score (nSPS) is 18.3. The van der Waals surface area contributed by atoms with Gasteiger partial charge in [-0.15, -0.1) is 0 Å². The van der Waals surface area contributed by atoms with Gasteiger partial charge < -0.3 is 9.64 Å². The molecule has 2 aromatic carbocycles. The molecular weight excluding hydrogens is 472 g/mol. The molecular formula is C24H26N4O6S. The van der Waals surface area contributed by atoms with Crippen LogP contribution in [0.2, 0.25) is 0 Å². The van der Waals surface area contributed by atoms with Crippen molar-refractivity contribution >= 4 is 33.2 Å². The molecule has 1 aliphatic heterocycles. The number of piperidine rings is 1. The van der Waals surface area contributed by atoms with E-state index in [0.717, 1.165) is 22.2 Å².